The van der Waals surface area contributed by atoms with Crippen LogP contribution in [0.5, 0.6) is 0 Å². The number of rotatable bonds is 2. The van der Waals surface area contributed by atoms with Gasteiger partial charge >= 0.3 is 0 Å². The van der Waals surface area contributed by atoms with E-state index >= 15 is 0 Å². The monoisotopic (exact) mass is 333 g/mol. The Morgan fingerprint density at radius 2 is 1.42 bits per heavy atom. The van der Waals surface area contributed by atoms with Crippen LogP contribution in [0.15, 0.2) is 6.07 Å². The first-order chi connectivity index (χ1) is 11.6. The largest absolute Gasteiger partial charge is 0.356 e. The predicted molar refractivity (Wildman–Crippen MR) is 92.6 cm³/mol. The molecule has 4 rings (SSSR count). The molecule has 1 spiro atoms. The van der Waals surface area contributed by atoms with Gasteiger partial charge in [-0.3, -0.25) is 0 Å². The second-order valence-electron chi connectivity index (χ2n) is 7.02. The van der Waals surface area contributed by atoms with Crippen LogP contribution in [0.4, 0.5) is 11.6 Å². The highest BCUT2D eigenvalue weighted by Gasteiger charge is 2.40. The summed E-state index contributed by atoms with van der Waals surface area (Å²) in [4.78, 5) is 16.4. The van der Waals surface area contributed by atoms with Crippen molar-refractivity contribution in [2.45, 2.75) is 25.6 Å². The van der Waals surface area contributed by atoms with Gasteiger partial charge in [0.1, 0.15) is 17.5 Å². The number of anilines is 2. The van der Waals surface area contributed by atoms with Crippen LogP contribution in [0.3, 0.4) is 0 Å². The quantitative estimate of drug-likeness (QED) is 0.796. The first kappa shape index (κ1) is 16.1. The Balaban J connectivity index is 1.47. The Kier molecular flexibility index (Phi) is 4.32. The third-order valence-corrected chi connectivity index (χ3v) is 5.30. The molecule has 3 aliphatic heterocycles. The third-order valence-electron chi connectivity index (χ3n) is 5.30. The SMILES string of the molecule is Cc1nc(N2CCN(C)CC2)cc(N2CCC3(CC2)OCCO3)n1. The molecule has 4 heterocycles. The van der Waals surface area contributed by atoms with Gasteiger partial charge in [0, 0.05) is 58.2 Å². The molecular formula is C17H27N5O2. The van der Waals surface area contributed by atoms with Crippen LogP contribution in [0.25, 0.3) is 0 Å². The van der Waals surface area contributed by atoms with E-state index in [9.17, 15) is 0 Å². The van der Waals surface area contributed by atoms with Crippen LogP contribution >= 0.6 is 0 Å². The fraction of sp³-hybridized carbons (Fsp3) is 0.765. The Morgan fingerprint density at radius 1 is 0.875 bits per heavy atom. The van der Waals surface area contributed by atoms with E-state index in [0.717, 1.165) is 82.8 Å². The first-order valence-electron chi connectivity index (χ1n) is 8.96. The molecule has 3 fully saturated rings. The van der Waals surface area contributed by atoms with E-state index in [-0.39, 0.29) is 5.79 Å². The van der Waals surface area contributed by atoms with Crippen molar-refractivity contribution >= 4 is 11.6 Å². The molecule has 132 valence electrons. The zero-order chi connectivity index (χ0) is 16.6. The van der Waals surface area contributed by atoms with Crippen LogP contribution in [-0.4, -0.2) is 80.2 Å². The summed E-state index contributed by atoms with van der Waals surface area (Å²) < 4.78 is 11.6. The van der Waals surface area contributed by atoms with Crippen LogP contribution in [0.2, 0.25) is 0 Å². The van der Waals surface area contributed by atoms with E-state index in [1.807, 2.05) is 6.92 Å². The van der Waals surface area contributed by atoms with Gasteiger partial charge < -0.3 is 24.2 Å². The van der Waals surface area contributed by atoms with Crippen LogP contribution in [0, 0.1) is 6.92 Å². The molecular weight excluding hydrogens is 306 g/mol. The minimum atomic E-state index is -0.334. The molecule has 1 aromatic heterocycles. The lowest BCUT2D eigenvalue weighted by molar-refractivity contribution is -0.169. The molecule has 7 heteroatoms. The standard InChI is InChI=1S/C17H27N5O2/c1-14-18-15(13-16(19-14)22-9-7-20(2)8-10-22)21-5-3-17(4-6-21)23-11-12-24-17/h13H,3-12H2,1-2H3. The van der Waals surface area contributed by atoms with E-state index in [1.165, 1.54) is 0 Å². The van der Waals surface area contributed by atoms with Gasteiger partial charge in [0.05, 0.1) is 13.2 Å². The van der Waals surface area contributed by atoms with Crippen molar-refractivity contribution < 1.29 is 9.47 Å². The topological polar surface area (TPSA) is 54.0 Å². The van der Waals surface area contributed by atoms with E-state index in [4.69, 9.17) is 9.47 Å². The van der Waals surface area contributed by atoms with E-state index in [2.05, 4.69) is 37.8 Å². The first-order valence-corrected chi connectivity index (χ1v) is 8.96. The molecule has 3 aliphatic rings. The van der Waals surface area contributed by atoms with E-state index in [0.29, 0.717) is 0 Å². The number of aryl methyl sites for hydroxylation is 1. The number of hydrogen-bond donors (Lipinski definition) is 0. The highest BCUT2D eigenvalue weighted by molar-refractivity contribution is 5.51. The number of aromatic nitrogens is 2. The van der Waals surface area contributed by atoms with Gasteiger partial charge in [-0.2, -0.15) is 0 Å². The third kappa shape index (κ3) is 3.20. The average Bonchev–Trinajstić information content (AvgIpc) is 3.04. The van der Waals surface area contributed by atoms with Crippen molar-refractivity contribution in [1.29, 1.82) is 0 Å². The van der Waals surface area contributed by atoms with Crippen molar-refractivity contribution in [3.63, 3.8) is 0 Å². The zero-order valence-electron chi connectivity index (χ0n) is 14.7. The minimum absolute atomic E-state index is 0.334. The molecule has 0 saturated carbocycles. The second kappa shape index (κ2) is 6.46. The maximum Gasteiger partial charge on any atom is 0.171 e. The van der Waals surface area contributed by atoms with Gasteiger partial charge in [0.25, 0.3) is 0 Å². The molecule has 0 amide bonds. The van der Waals surface area contributed by atoms with Gasteiger partial charge in [-0.25, -0.2) is 9.97 Å². The molecule has 7 nitrogen and oxygen atoms in total. The van der Waals surface area contributed by atoms with Crippen LogP contribution in [0.1, 0.15) is 18.7 Å². The fourth-order valence-electron chi connectivity index (χ4n) is 3.76. The Hall–Kier alpha value is -1.44. The molecule has 0 radical (unpaired) electrons. The fourth-order valence-corrected chi connectivity index (χ4v) is 3.76. The van der Waals surface area contributed by atoms with Gasteiger partial charge in [0.2, 0.25) is 0 Å². The summed E-state index contributed by atoms with van der Waals surface area (Å²) in [6, 6.07) is 2.15. The summed E-state index contributed by atoms with van der Waals surface area (Å²) >= 11 is 0. The molecule has 0 unspecified atom stereocenters. The van der Waals surface area contributed by atoms with Crippen LogP contribution in [-0.2, 0) is 9.47 Å². The maximum atomic E-state index is 5.82. The predicted octanol–water partition coefficient (Wildman–Crippen LogP) is 0.880. The molecule has 0 aliphatic carbocycles. The summed E-state index contributed by atoms with van der Waals surface area (Å²) in [6.45, 7) is 9.47. The van der Waals surface area contributed by atoms with Crippen molar-refractivity contribution in [3.8, 4) is 0 Å². The second-order valence-corrected chi connectivity index (χ2v) is 7.02. The molecule has 3 saturated heterocycles. The summed E-state index contributed by atoms with van der Waals surface area (Å²) in [6.07, 6.45) is 1.81. The Bertz CT molecular complexity index is 572. The maximum absolute atomic E-state index is 5.82. The highest BCUT2D eigenvalue weighted by Crippen LogP contribution is 2.33. The van der Waals surface area contributed by atoms with Gasteiger partial charge in [-0.15, -0.1) is 0 Å². The average molecular weight is 333 g/mol. The summed E-state index contributed by atoms with van der Waals surface area (Å²) in [7, 11) is 2.17. The molecule has 0 atom stereocenters. The van der Waals surface area contributed by atoms with Gasteiger partial charge in [-0.1, -0.05) is 0 Å². The normalized spacial score (nSPS) is 24.8. The number of ether oxygens (including phenoxy) is 2. The molecule has 24 heavy (non-hydrogen) atoms. The Morgan fingerprint density at radius 3 is 2.00 bits per heavy atom. The summed E-state index contributed by atoms with van der Waals surface area (Å²) in [5, 5.41) is 0. The Labute approximate surface area is 143 Å². The van der Waals surface area contributed by atoms with Crippen molar-refractivity contribution in [3.05, 3.63) is 11.9 Å². The van der Waals surface area contributed by atoms with Crippen molar-refractivity contribution in [2.75, 3.05) is 69.3 Å². The number of likely N-dealkylation sites (N-methyl/N-ethyl adjacent to an activating group) is 1. The molecule has 0 N–H and O–H groups in total. The smallest absolute Gasteiger partial charge is 0.171 e. The lowest BCUT2D eigenvalue weighted by Crippen LogP contribution is -2.46. The van der Waals surface area contributed by atoms with Crippen LogP contribution < -0.4 is 9.80 Å². The van der Waals surface area contributed by atoms with Crippen molar-refractivity contribution in [1.82, 2.24) is 14.9 Å². The number of piperidine rings is 1. The minimum Gasteiger partial charge on any atom is -0.356 e. The van der Waals surface area contributed by atoms with Gasteiger partial charge in [-0.05, 0) is 14.0 Å². The summed E-state index contributed by atoms with van der Waals surface area (Å²) in [5.74, 6) is 2.59. The van der Waals surface area contributed by atoms with E-state index < -0.39 is 0 Å². The van der Waals surface area contributed by atoms with Gasteiger partial charge in [0.15, 0.2) is 5.79 Å². The highest BCUT2D eigenvalue weighted by atomic mass is 16.7. The lowest BCUT2D eigenvalue weighted by atomic mass is 10.0. The lowest BCUT2D eigenvalue weighted by Gasteiger charge is -2.38. The van der Waals surface area contributed by atoms with Crippen molar-refractivity contribution in [2.24, 2.45) is 0 Å². The molecule has 1 aromatic rings. The molecule has 0 aromatic carbocycles. The van der Waals surface area contributed by atoms with E-state index in [1.54, 1.807) is 0 Å². The number of piperazine rings is 1. The number of nitrogens with zero attached hydrogens (tertiary/aromatic N) is 5. The number of hydrogen-bond acceptors (Lipinski definition) is 7. The zero-order valence-corrected chi connectivity index (χ0v) is 14.7. The molecule has 0 bridgehead atoms. The summed E-state index contributed by atoms with van der Waals surface area (Å²) in [5.41, 5.74) is 0.